The Morgan fingerprint density at radius 2 is 1.96 bits per heavy atom. The summed E-state index contributed by atoms with van der Waals surface area (Å²) >= 11 is 2.78. The number of amides is 2. The number of nitrogens with one attached hydrogen (secondary N) is 1. The van der Waals surface area contributed by atoms with Gasteiger partial charge in [-0.3, -0.25) is 9.59 Å². The molecule has 26 heavy (non-hydrogen) atoms. The number of aromatic nitrogens is 1. The van der Waals surface area contributed by atoms with E-state index in [4.69, 9.17) is 4.74 Å². The maximum Gasteiger partial charge on any atom is 0.236 e. The van der Waals surface area contributed by atoms with Crippen molar-refractivity contribution >= 4 is 40.0 Å². The average molecular weight is 392 g/mol. The lowest BCUT2D eigenvalue weighted by atomic mass is 10.1. The van der Waals surface area contributed by atoms with Gasteiger partial charge in [0.15, 0.2) is 5.13 Å². The molecule has 0 aliphatic carbocycles. The fraction of sp³-hybridized carbons (Fsp3) is 0.389. The number of nitrogens with zero attached hydrogens (tertiary/aromatic N) is 2. The number of anilines is 1. The minimum Gasteiger partial charge on any atom is -0.378 e. The van der Waals surface area contributed by atoms with E-state index in [-0.39, 0.29) is 17.6 Å². The Balaban J connectivity index is 1.47. The predicted octanol–water partition coefficient (Wildman–Crippen LogP) is 2.65. The monoisotopic (exact) mass is 391 g/mol. The number of thiazole rings is 1. The Bertz CT molecular complexity index is 758. The van der Waals surface area contributed by atoms with Crippen molar-refractivity contribution in [1.82, 2.24) is 9.88 Å². The van der Waals surface area contributed by atoms with Gasteiger partial charge in [-0.1, -0.05) is 30.3 Å². The molecule has 2 heterocycles. The maximum absolute atomic E-state index is 12.1. The van der Waals surface area contributed by atoms with Gasteiger partial charge in [-0.05, 0) is 6.92 Å². The number of carbonyl (C=O) groups excluding carboxylic acids is 2. The molecule has 1 N–H and O–H groups in total. The van der Waals surface area contributed by atoms with Gasteiger partial charge in [-0.25, -0.2) is 4.98 Å². The largest absolute Gasteiger partial charge is 0.378 e. The average Bonchev–Trinajstić information content (AvgIpc) is 3.03. The van der Waals surface area contributed by atoms with Crippen LogP contribution in [0.1, 0.15) is 4.88 Å². The molecule has 0 unspecified atom stereocenters. The van der Waals surface area contributed by atoms with Gasteiger partial charge in [0.25, 0.3) is 0 Å². The van der Waals surface area contributed by atoms with Gasteiger partial charge in [0.2, 0.25) is 11.8 Å². The van der Waals surface area contributed by atoms with Gasteiger partial charge in [0.05, 0.1) is 30.4 Å². The highest BCUT2D eigenvalue weighted by Crippen LogP contribution is 2.30. The van der Waals surface area contributed by atoms with E-state index < -0.39 is 0 Å². The van der Waals surface area contributed by atoms with Crippen LogP contribution in [0.15, 0.2) is 30.3 Å². The Hall–Kier alpha value is -1.90. The summed E-state index contributed by atoms with van der Waals surface area (Å²) in [6.45, 7) is 4.43. The van der Waals surface area contributed by atoms with E-state index in [0.29, 0.717) is 37.2 Å². The van der Waals surface area contributed by atoms with Crippen molar-refractivity contribution < 1.29 is 14.3 Å². The first-order valence-corrected chi connectivity index (χ1v) is 10.4. The van der Waals surface area contributed by atoms with Crippen LogP contribution in [-0.2, 0) is 14.3 Å². The zero-order valence-electron chi connectivity index (χ0n) is 14.6. The Kier molecular flexibility index (Phi) is 6.65. The van der Waals surface area contributed by atoms with Crippen LogP contribution in [0.25, 0.3) is 11.3 Å². The molecule has 0 atom stereocenters. The van der Waals surface area contributed by atoms with Crippen LogP contribution in [0.3, 0.4) is 0 Å². The molecule has 0 saturated carbocycles. The molecule has 0 spiro atoms. The molecule has 138 valence electrons. The number of carbonyl (C=O) groups is 2. The Morgan fingerprint density at radius 3 is 2.69 bits per heavy atom. The molecular weight excluding hydrogens is 370 g/mol. The van der Waals surface area contributed by atoms with Crippen molar-refractivity contribution in [3.8, 4) is 11.3 Å². The maximum atomic E-state index is 12.1. The van der Waals surface area contributed by atoms with Crippen molar-refractivity contribution in [2.24, 2.45) is 0 Å². The van der Waals surface area contributed by atoms with Crippen molar-refractivity contribution in [2.45, 2.75) is 6.92 Å². The van der Waals surface area contributed by atoms with E-state index in [0.717, 1.165) is 16.1 Å². The highest BCUT2D eigenvalue weighted by Gasteiger charge is 2.17. The number of thioether (sulfide) groups is 1. The molecule has 1 aromatic carbocycles. The topological polar surface area (TPSA) is 71.5 Å². The Labute approximate surface area is 160 Å². The smallest absolute Gasteiger partial charge is 0.236 e. The van der Waals surface area contributed by atoms with Crippen LogP contribution in [0.4, 0.5) is 5.13 Å². The fourth-order valence-electron chi connectivity index (χ4n) is 2.60. The number of rotatable bonds is 6. The lowest BCUT2D eigenvalue weighted by molar-refractivity contribution is -0.132. The summed E-state index contributed by atoms with van der Waals surface area (Å²) in [6.07, 6.45) is 0. The number of ether oxygens (including phenoxy) is 1. The molecule has 1 saturated heterocycles. The van der Waals surface area contributed by atoms with E-state index in [1.807, 2.05) is 37.3 Å². The van der Waals surface area contributed by atoms with Gasteiger partial charge >= 0.3 is 0 Å². The van der Waals surface area contributed by atoms with Crippen molar-refractivity contribution in [3.63, 3.8) is 0 Å². The second kappa shape index (κ2) is 9.16. The molecule has 3 rings (SSSR count). The van der Waals surface area contributed by atoms with Gasteiger partial charge in [-0.2, -0.15) is 0 Å². The quantitative estimate of drug-likeness (QED) is 0.820. The van der Waals surface area contributed by atoms with Crippen molar-refractivity contribution in [2.75, 3.05) is 43.1 Å². The van der Waals surface area contributed by atoms with Crippen LogP contribution < -0.4 is 5.32 Å². The molecule has 8 heteroatoms. The lowest BCUT2D eigenvalue weighted by Gasteiger charge is -2.26. The molecule has 0 radical (unpaired) electrons. The van der Waals surface area contributed by atoms with E-state index >= 15 is 0 Å². The van der Waals surface area contributed by atoms with Gasteiger partial charge in [0.1, 0.15) is 0 Å². The van der Waals surface area contributed by atoms with E-state index in [1.54, 1.807) is 4.90 Å². The van der Waals surface area contributed by atoms with Crippen molar-refractivity contribution in [1.29, 1.82) is 0 Å². The third-order valence-electron chi connectivity index (χ3n) is 3.91. The van der Waals surface area contributed by atoms with Crippen LogP contribution in [0.2, 0.25) is 0 Å². The van der Waals surface area contributed by atoms with E-state index in [1.165, 1.54) is 23.1 Å². The minimum atomic E-state index is -0.141. The molecule has 1 aliphatic rings. The van der Waals surface area contributed by atoms with E-state index in [9.17, 15) is 9.59 Å². The molecule has 6 nitrogen and oxygen atoms in total. The van der Waals surface area contributed by atoms with Crippen LogP contribution in [-0.4, -0.2) is 59.5 Å². The molecule has 1 aliphatic heterocycles. The molecule has 2 aromatic rings. The molecule has 0 bridgehead atoms. The minimum absolute atomic E-state index is 0.0579. The first-order chi connectivity index (χ1) is 12.6. The number of benzene rings is 1. The third-order valence-corrected chi connectivity index (χ3v) is 5.72. The standard InChI is InChI=1S/C18H21N3O3S2/c1-13-17(14-5-3-2-4-6-14)20-18(26-13)19-15(22)11-25-12-16(23)21-7-9-24-10-8-21/h2-6H,7-12H2,1H3,(H,19,20,22). The van der Waals surface area contributed by atoms with Crippen LogP contribution in [0, 0.1) is 6.92 Å². The summed E-state index contributed by atoms with van der Waals surface area (Å²) in [6, 6.07) is 9.90. The van der Waals surface area contributed by atoms with Crippen LogP contribution >= 0.6 is 23.1 Å². The molecule has 1 fully saturated rings. The highest BCUT2D eigenvalue weighted by atomic mass is 32.2. The van der Waals surface area contributed by atoms with E-state index in [2.05, 4.69) is 10.3 Å². The van der Waals surface area contributed by atoms with Gasteiger partial charge < -0.3 is 15.0 Å². The number of hydrogen-bond donors (Lipinski definition) is 1. The number of hydrogen-bond acceptors (Lipinski definition) is 6. The van der Waals surface area contributed by atoms with Crippen LogP contribution in [0.5, 0.6) is 0 Å². The zero-order chi connectivity index (χ0) is 18.4. The summed E-state index contributed by atoms with van der Waals surface area (Å²) in [5, 5.41) is 3.42. The first kappa shape index (κ1) is 18.9. The molecular formula is C18H21N3O3S2. The summed E-state index contributed by atoms with van der Waals surface area (Å²) in [7, 11) is 0. The summed E-state index contributed by atoms with van der Waals surface area (Å²) in [5.41, 5.74) is 1.92. The lowest BCUT2D eigenvalue weighted by Crippen LogP contribution is -2.41. The second-order valence-corrected chi connectivity index (χ2v) is 8.01. The van der Waals surface area contributed by atoms with Gasteiger partial charge in [-0.15, -0.1) is 23.1 Å². The predicted molar refractivity (Wildman–Crippen MR) is 106 cm³/mol. The SMILES string of the molecule is Cc1sc(NC(=O)CSCC(=O)N2CCOCC2)nc1-c1ccccc1. The summed E-state index contributed by atoms with van der Waals surface area (Å²) in [5.74, 6) is 0.454. The summed E-state index contributed by atoms with van der Waals surface area (Å²) in [4.78, 5) is 31.5. The second-order valence-electron chi connectivity index (χ2n) is 5.82. The Morgan fingerprint density at radius 1 is 1.23 bits per heavy atom. The zero-order valence-corrected chi connectivity index (χ0v) is 16.2. The van der Waals surface area contributed by atoms with Crippen molar-refractivity contribution in [3.05, 3.63) is 35.2 Å². The summed E-state index contributed by atoms with van der Waals surface area (Å²) < 4.78 is 5.23. The number of morpholine rings is 1. The fourth-order valence-corrected chi connectivity index (χ4v) is 4.17. The number of aryl methyl sites for hydroxylation is 1. The molecule has 2 amide bonds. The normalized spacial score (nSPS) is 14.3. The highest BCUT2D eigenvalue weighted by molar-refractivity contribution is 8.00. The first-order valence-electron chi connectivity index (χ1n) is 8.39. The molecule has 1 aromatic heterocycles. The third kappa shape index (κ3) is 5.06. The van der Waals surface area contributed by atoms with Gasteiger partial charge in [0, 0.05) is 23.5 Å².